The lowest BCUT2D eigenvalue weighted by atomic mass is 10.1. The average Bonchev–Trinajstić information content (AvgIpc) is 1.98. The summed E-state index contributed by atoms with van der Waals surface area (Å²) in [6.07, 6.45) is 4.58. The van der Waals surface area contributed by atoms with Gasteiger partial charge in [-0.25, -0.2) is 0 Å². The van der Waals surface area contributed by atoms with Crippen LogP contribution in [-0.4, -0.2) is 0 Å². The second kappa shape index (κ2) is 6.68. The lowest BCUT2D eigenvalue weighted by molar-refractivity contribution is 0.580. The molecule has 0 N–H and O–H groups in total. The largest absolute Gasteiger partial charge is 0.103 e. The van der Waals surface area contributed by atoms with Crippen molar-refractivity contribution >= 4 is 0 Å². The first-order valence-corrected chi connectivity index (χ1v) is 4.27. The summed E-state index contributed by atoms with van der Waals surface area (Å²) in [7, 11) is 0. The number of rotatable bonds is 3. The van der Waals surface area contributed by atoms with Crippen LogP contribution in [0.1, 0.15) is 46.5 Å². The SMILES string of the molecule is CCCC#CCC(C)CC. The van der Waals surface area contributed by atoms with Crippen molar-refractivity contribution in [1.82, 2.24) is 0 Å². The van der Waals surface area contributed by atoms with Crippen LogP contribution >= 0.6 is 0 Å². The zero-order valence-corrected chi connectivity index (χ0v) is 7.41. The maximum atomic E-state index is 3.19. The Bertz CT molecular complexity index is 114. The molecule has 0 amide bonds. The standard InChI is InChI=1S/C10H18/c1-4-6-7-8-9-10(3)5-2/h10H,4-6,9H2,1-3H3. The molecular weight excluding hydrogens is 120 g/mol. The summed E-state index contributed by atoms with van der Waals surface area (Å²) in [5.74, 6) is 7.12. The third kappa shape index (κ3) is 5.69. The van der Waals surface area contributed by atoms with Crippen molar-refractivity contribution in [3.63, 3.8) is 0 Å². The summed E-state index contributed by atoms with van der Waals surface area (Å²) < 4.78 is 0. The van der Waals surface area contributed by atoms with E-state index in [0.717, 1.165) is 18.8 Å². The van der Waals surface area contributed by atoms with E-state index in [-0.39, 0.29) is 0 Å². The van der Waals surface area contributed by atoms with Crippen LogP contribution in [0.2, 0.25) is 0 Å². The monoisotopic (exact) mass is 138 g/mol. The Morgan fingerprint density at radius 2 is 1.90 bits per heavy atom. The van der Waals surface area contributed by atoms with Crippen LogP contribution in [0.5, 0.6) is 0 Å². The molecule has 1 atom stereocenters. The molecule has 0 aliphatic rings. The third-order valence-corrected chi connectivity index (χ3v) is 1.65. The molecular formula is C10H18. The summed E-state index contributed by atoms with van der Waals surface area (Å²) in [6, 6.07) is 0. The number of hydrogen-bond donors (Lipinski definition) is 0. The van der Waals surface area contributed by atoms with E-state index in [1.165, 1.54) is 12.8 Å². The van der Waals surface area contributed by atoms with Crippen LogP contribution in [0, 0.1) is 17.8 Å². The minimum Gasteiger partial charge on any atom is -0.103 e. The molecule has 0 saturated carbocycles. The molecule has 0 heteroatoms. The zero-order chi connectivity index (χ0) is 7.82. The lowest BCUT2D eigenvalue weighted by Gasteiger charge is -1.99. The molecule has 0 rings (SSSR count). The van der Waals surface area contributed by atoms with Crippen LogP contribution in [0.25, 0.3) is 0 Å². The van der Waals surface area contributed by atoms with E-state index in [0.29, 0.717) is 0 Å². The molecule has 0 radical (unpaired) electrons. The molecule has 0 aromatic rings. The van der Waals surface area contributed by atoms with E-state index in [1.54, 1.807) is 0 Å². The highest BCUT2D eigenvalue weighted by atomic mass is 14.0. The molecule has 10 heavy (non-hydrogen) atoms. The minimum absolute atomic E-state index is 0.782. The predicted molar refractivity (Wildman–Crippen MR) is 46.8 cm³/mol. The van der Waals surface area contributed by atoms with Crippen molar-refractivity contribution in [2.45, 2.75) is 46.5 Å². The molecule has 0 bridgehead atoms. The molecule has 0 spiro atoms. The Hall–Kier alpha value is -0.440. The van der Waals surface area contributed by atoms with E-state index < -0.39 is 0 Å². The van der Waals surface area contributed by atoms with Gasteiger partial charge in [-0.1, -0.05) is 27.2 Å². The summed E-state index contributed by atoms with van der Waals surface area (Å²) in [5, 5.41) is 0. The van der Waals surface area contributed by atoms with Crippen molar-refractivity contribution in [1.29, 1.82) is 0 Å². The van der Waals surface area contributed by atoms with Gasteiger partial charge in [0.15, 0.2) is 0 Å². The fraction of sp³-hybridized carbons (Fsp3) is 0.800. The molecule has 0 aromatic heterocycles. The van der Waals surface area contributed by atoms with Crippen LogP contribution in [-0.2, 0) is 0 Å². The fourth-order valence-corrected chi connectivity index (χ4v) is 0.604. The molecule has 0 nitrogen and oxygen atoms in total. The van der Waals surface area contributed by atoms with Gasteiger partial charge in [-0.15, -0.1) is 11.8 Å². The predicted octanol–water partition coefficient (Wildman–Crippen LogP) is 3.23. The van der Waals surface area contributed by atoms with Crippen molar-refractivity contribution < 1.29 is 0 Å². The van der Waals surface area contributed by atoms with Gasteiger partial charge in [0, 0.05) is 12.8 Å². The van der Waals surface area contributed by atoms with E-state index in [1.807, 2.05) is 0 Å². The molecule has 58 valence electrons. The summed E-state index contributed by atoms with van der Waals surface area (Å²) >= 11 is 0. The topological polar surface area (TPSA) is 0 Å². The minimum atomic E-state index is 0.782. The van der Waals surface area contributed by atoms with Crippen molar-refractivity contribution in [3.8, 4) is 11.8 Å². The van der Waals surface area contributed by atoms with Crippen LogP contribution < -0.4 is 0 Å². The van der Waals surface area contributed by atoms with E-state index in [9.17, 15) is 0 Å². The van der Waals surface area contributed by atoms with Gasteiger partial charge < -0.3 is 0 Å². The van der Waals surface area contributed by atoms with Gasteiger partial charge in [0.2, 0.25) is 0 Å². The maximum Gasteiger partial charge on any atom is 0.0114 e. The highest BCUT2D eigenvalue weighted by molar-refractivity contribution is 4.99. The maximum absolute atomic E-state index is 3.19. The number of hydrogen-bond acceptors (Lipinski definition) is 0. The number of unbranched alkanes of at least 4 members (excludes halogenated alkanes) is 1. The van der Waals surface area contributed by atoms with Crippen LogP contribution in [0.4, 0.5) is 0 Å². The van der Waals surface area contributed by atoms with Gasteiger partial charge in [0.25, 0.3) is 0 Å². The van der Waals surface area contributed by atoms with Crippen LogP contribution in [0.15, 0.2) is 0 Å². The average molecular weight is 138 g/mol. The normalized spacial score (nSPS) is 11.9. The Labute approximate surface area is 65.0 Å². The zero-order valence-electron chi connectivity index (χ0n) is 7.41. The first kappa shape index (κ1) is 9.56. The van der Waals surface area contributed by atoms with E-state index in [4.69, 9.17) is 0 Å². The first-order chi connectivity index (χ1) is 4.81. The summed E-state index contributed by atoms with van der Waals surface area (Å²) in [5.41, 5.74) is 0. The van der Waals surface area contributed by atoms with Crippen molar-refractivity contribution in [2.75, 3.05) is 0 Å². The smallest absolute Gasteiger partial charge is 0.0114 e. The molecule has 0 aromatic carbocycles. The quantitative estimate of drug-likeness (QED) is 0.525. The Balaban J connectivity index is 3.26. The Morgan fingerprint density at radius 3 is 2.40 bits per heavy atom. The van der Waals surface area contributed by atoms with Gasteiger partial charge in [-0.05, 0) is 12.3 Å². The first-order valence-electron chi connectivity index (χ1n) is 4.27. The third-order valence-electron chi connectivity index (χ3n) is 1.65. The van der Waals surface area contributed by atoms with Gasteiger partial charge >= 0.3 is 0 Å². The van der Waals surface area contributed by atoms with Gasteiger partial charge in [0.1, 0.15) is 0 Å². The van der Waals surface area contributed by atoms with Crippen molar-refractivity contribution in [3.05, 3.63) is 0 Å². The highest BCUT2D eigenvalue weighted by Crippen LogP contribution is 2.03. The molecule has 0 fully saturated rings. The van der Waals surface area contributed by atoms with Gasteiger partial charge in [0.05, 0.1) is 0 Å². The lowest BCUT2D eigenvalue weighted by Crippen LogP contribution is -1.87. The molecule has 0 saturated heterocycles. The summed E-state index contributed by atoms with van der Waals surface area (Å²) in [6.45, 7) is 6.63. The second-order valence-electron chi connectivity index (χ2n) is 2.82. The van der Waals surface area contributed by atoms with E-state index in [2.05, 4.69) is 32.6 Å². The second-order valence-corrected chi connectivity index (χ2v) is 2.82. The molecule has 0 aliphatic carbocycles. The Morgan fingerprint density at radius 1 is 1.20 bits per heavy atom. The summed E-state index contributed by atoms with van der Waals surface area (Å²) in [4.78, 5) is 0. The van der Waals surface area contributed by atoms with Crippen LogP contribution in [0.3, 0.4) is 0 Å². The fourth-order valence-electron chi connectivity index (χ4n) is 0.604. The molecule has 1 unspecified atom stereocenters. The van der Waals surface area contributed by atoms with Crippen molar-refractivity contribution in [2.24, 2.45) is 5.92 Å². The van der Waals surface area contributed by atoms with Gasteiger partial charge in [-0.2, -0.15) is 0 Å². The van der Waals surface area contributed by atoms with Gasteiger partial charge in [-0.3, -0.25) is 0 Å². The Kier molecular flexibility index (Phi) is 6.38. The highest BCUT2D eigenvalue weighted by Gasteiger charge is 1.92. The van der Waals surface area contributed by atoms with E-state index >= 15 is 0 Å². The molecule has 0 aliphatic heterocycles. The molecule has 0 heterocycles.